The second-order valence-corrected chi connectivity index (χ2v) is 3.57. The summed E-state index contributed by atoms with van der Waals surface area (Å²) in [6, 6.07) is 5.28. The molecular formula is C14H21FO2. The fourth-order valence-electron chi connectivity index (χ4n) is 1.46. The summed E-state index contributed by atoms with van der Waals surface area (Å²) >= 11 is 0. The minimum atomic E-state index is 0.166. The Balaban J connectivity index is 0.00000121. The number of hydrogen-bond acceptors (Lipinski definition) is 2. The summed E-state index contributed by atoms with van der Waals surface area (Å²) in [4.78, 5) is 14.6. The standard InChI is InChI=1S/C12H15FO2.C2H6/c1-3-11-8-10(5-4-9(2)14)6-7-12(11)15-13;1-2/h6-8H,3-5H2,1-2H3;1-2H3. The van der Waals surface area contributed by atoms with Gasteiger partial charge in [0.15, 0.2) is 5.75 Å². The van der Waals surface area contributed by atoms with Gasteiger partial charge in [0.25, 0.3) is 0 Å². The van der Waals surface area contributed by atoms with Crippen molar-refractivity contribution in [2.45, 2.75) is 47.0 Å². The zero-order valence-electron chi connectivity index (χ0n) is 11.0. The normalized spacial score (nSPS) is 9.24. The van der Waals surface area contributed by atoms with Gasteiger partial charge in [0.2, 0.25) is 0 Å². The lowest BCUT2D eigenvalue weighted by molar-refractivity contribution is -0.116. The van der Waals surface area contributed by atoms with E-state index in [0.717, 1.165) is 11.1 Å². The van der Waals surface area contributed by atoms with E-state index >= 15 is 0 Å². The molecule has 96 valence electrons. The van der Waals surface area contributed by atoms with Gasteiger partial charge >= 0.3 is 0 Å². The van der Waals surface area contributed by atoms with E-state index in [0.29, 0.717) is 19.3 Å². The number of hydrogen-bond donors (Lipinski definition) is 0. The molecule has 0 fully saturated rings. The fraction of sp³-hybridized carbons (Fsp3) is 0.500. The lowest BCUT2D eigenvalue weighted by Crippen LogP contribution is -1.96. The van der Waals surface area contributed by atoms with Gasteiger partial charge in [-0.3, -0.25) is 4.94 Å². The largest absolute Gasteiger partial charge is 0.300 e. The van der Waals surface area contributed by atoms with Gasteiger partial charge in [-0.2, -0.15) is 0 Å². The molecule has 0 bridgehead atoms. The predicted octanol–water partition coefficient (Wildman–Crippen LogP) is 4.06. The van der Waals surface area contributed by atoms with E-state index in [2.05, 4.69) is 4.94 Å². The van der Waals surface area contributed by atoms with Crippen molar-refractivity contribution in [3.63, 3.8) is 0 Å². The summed E-state index contributed by atoms with van der Waals surface area (Å²) < 4.78 is 12.1. The summed E-state index contributed by atoms with van der Waals surface area (Å²) in [6.45, 7) is 7.51. The second kappa shape index (κ2) is 8.74. The maximum Gasteiger partial charge on any atom is 0.175 e. The molecule has 0 amide bonds. The van der Waals surface area contributed by atoms with Gasteiger partial charge in [0.05, 0.1) is 0 Å². The minimum absolute atomic E-state index is 0.166. The first-order valence-corrected chi connectivity index (χ1v) is 6.07. The minimum Gasteiger partial charge on any atom is -0.300 e. The molecule has 0 saturated heterocycles. The maximum atomic E-state index is 12.1. The Morgan fingerprint density at radius 1 is 1.35 bits per heavy atom. The Morgan fingerprint density at radius 3 is 2.47 bits per heavy atom. The molecule has 0 spiro atoms. The van der Waals surface area contributed by atoms with Gasteiger partial charge in [-0.25, -0.2) is 0 Å². The number of Topliss-reactive ketones (excluding diaryl/α,β-unsaturated/α-hetero) is 1. The Kier molecular flexibility index (Phi) is 8.03. The third-order valence-electron chi connectivity index (χ3n) is 2.35. The van der Waals surface area contributed by atoms with Crippen LogP contribution in [0.1, 0.15) is 45.2 Å². The predicted molar refractivity (Wildman–Crippen MR) is 67.9 cm³/mol. The molecule has 0 heterocycles. The van der Waals surface area contributed by atoms with Gasteiger partial charge in [-0.1, -0.05) is 32.9 Å². The molecule has 1 rings (SSSR count). The monoisotopic (exact) mass is 240 g/mol. The molecule has 0 aliphatic carbocycles. The van der Waals surface area contributed by atoms with Crippen molar-refractivity contribution in [1.82, 2.24) is 0 Å². The first kappa shape index (κ1) is 15.6. The molecule has 1 aromatic carbocycles. The maximum absolute atomic E-state index is 12.1. The van der Waals surface area contributed by atoms with Crippen molar-refractivity contribution < 1.29 is 14.3 Å². The molecule has 3 heteroatoms. The Bertz CT molecular complexity index is 348. The van der Waals surface area contributed by atoms with E-state index in [1.807, 2.05) is 26.8 Å². The number of halogens is 1. The third-order valence-corrected chi connectivity index (χ3v) is 2.35. The van der Waals surface area contributed by atoms with E-state index in [1.54, 1.807) is 19.1 Å². The van der Waals surface area contributed by atoms with Crippen molar-refractivity contribution >= 4 is 5.78 Å². The molecule has 0 unspecified atom stereocenters. The van der Waals surface area contributed by atoms with Crippen LogP contribution in [0.2, 0.25) is 0 Å². The molecule has 0 aromatic heterocycles. The quantitative estimate of drug-likeness (QED) is 0.775. The van der Waals surface area contributed by atoms with Gasteiger partial charge in [0.1, 0.15) is 5.78 Å². The third kappa shape index (κ3) is 5.48. The van der Waals surface area contributed by atoms with Crippen LogP contribution in [0, 0.1) is 0 Å². The van der Waals surface area contributed by atoms with E-state index in [9.17, 15) is 9.32 Å². The summed E-state index contributed by atoms with van der Waals surface area (Å²) in [5, 5.41) is 0. The Labute approximate surface area is 103 Å². The van der Waals surface area contributed by atoms with Gasteiger partial charge in [-0.15, -0.1) is 0 Å². The van der Waals surface area contributed by atoms with E-state index in [4.69, 9.17) is 0 Å². The van der Waals surface area contributed by atoms with Gasteiger partial charge in [0, 0.05) is 10.9 Å². The van der Waals surface area contributed by atoms with Crippen LogP contribution in [0.15, 0.2) is 18.2 Å². The van der Waals surface area contributed by atoms with Crippen LogP contribution in [-0.2, 0) is 17.6 Å². The highest BCUT2D eigenvalue weighted by atomic mass is 19.3. The van der Waals surface area contributed by atoms with Crippen LogP contribution in [0.5, 0.6) is 5.75 Å². The summed E-state index contributed by atoms with van der Waals surface area (Å²) in [7, 11) is 0. The molecule has 17 heavy (non-hydrogen) atoms. The molecule has 0 N–H and O–H groups in total. The van der Waals surface area contributed by atoms with Crippen molar-refractivity contribution in [3.8, 4) is 5.75 Å². The van der Waals surface area contributed by atoms with Crippen LogP contribution in [-0.4, -0.2) is 5.78 Å². The van der Waals surface area contributed by atoms with E-state index < -0.39 is 0 Å². The zero-order chi connectivity index (χ0) is 13.3. The molecule has 1 aromatic rings. The van der Waals surface area contributed by atoms with Crippen molar-refractivity contribution in [2.24, 2.45) is 0 Å². The average molecular weight is 240 g/mol. The molecular weight excluding hydrogens is 219 g/mol. The lowest BCUT2D eigenvalue weighted by Gasteiger charge is -2.05. The number of rotatable bonds is 5. The first-order chi connectivity index (χ1) is 8.17. The highest BCUT2D eigenvalue weighted by Gasteiger charge is 2.05. The summed E-state index contributed by atoms with van der Waals surface area (Å²) in [6.07, 6.45) is 1.95. The lowest BCUT2D eigenvalue weighted by atomic mass is 10.0. The number of benzene rings is 1. The summed E-state index contributed by atoms with van der Waals surface area (Å²) in [5.41, 5.74) is 1.88. The van der Waals surface area contributed by atoms with Gasteiger partial charge in [-0.05, 0) is 37.0 Å². The summed E-state index contributed by atoms with van der Waals surface area (Å²) in [5.74, 6) is 0.433. The van der Waals surface area contributed by atoms with E-state index in [-0.39, 0.29) is 11.5 Å². The topological polar surface area (TPSA) is 26.3 Å². The number of carbonyl (C=O) groups is 1. The molecule has 0 atom stereocenters. The van der Waals surface area contributed by atoms with Crippen LogP contribution in [0.4, 0.5) is 4.53 Å². The van der Waals surface area contributed by atoms with Crippen molar-refractivity contribution in [3.05, 3.63) is 29.3 Å². The highest BCUT2D eigenvalue weighted by Crippen LogP contribution is 2.21. The van der Waals surface area contributed by atoms with Crippen molar-refractivity contribution in [1.29, 1.82) is 0 Å². The number of ketones is 1. The number of carbonyl (C=O) groups excluding carboxylic acids is 1. The smallest absolute Gasteiger partial charge is 0.175 e. The SMILES string of the molecule is CC.CCc1cc(CCC(C)=O)ccc1OF. The fourth-order valence-corrected chi connectivity index (χ4v) is 1.46. The van der Waals surface area contributed by atoms with Crippen molar-refractivity contribution in [2.75, 3.05) is 0 Å². The molecule has 0 aliphatic heterocycles. The molecule has 0 aliphatic rings. The van der Waals surface area contributed by atoms with Crippen LogP contribution >= 0.6 is 0 Å². The van der Waals surface area contributed by atoms with Crippen LogP contribution < -0.4 is 4.94 Å². The van der Waals surface area contributed by atoms with Crippen LogP contribution in [0.25, 0.3) is 0 Å². The number of aryl methyl sites for hydroxylation is 2. The zero-order valence-corrected chi connectivity index (χ0v) is 11.0. The molecule has 0 radical (unpaired) electrons. The second-order valence-electron chi connectivity index (χ2n) is 3.57. The van der Waals surface area contributed by atoms with E-state index in [1.165, 1.54) is 0 Å². The first-order valence-electron chi connectivity index (χ1n) is 6.07. The average Bonchev–Trinajstić information content (AvgIpc) is 2.38. The highest BCUT2D eigenvalue weighted by molar-refractivity contribution is 5.75. The molecule has 2 nitrogen and oxygen atoms in total. The van der Waals surface area contributed by atoms with Crippen LogP contribution in [0.3, 0.4) is 0 Å². The Hall–Kier alpha value is -1.38. The Morgan fingerprint density at radius 2 is 2.00 bits per heavy atom. The molecule has 0 saturated carbocycles. The van der Waals surface area contributed by atoms with Gasteiger partial charge < -0.3 is 4.79 Å².